The highest BCUT2D eigenvalue weighted by Crippen LogP contribution is 2.32. The van der Waals surface area contributed by atoms with Gasteiger partial charge in [0.25, 0.3) is 5.56 Å². The van der Waals surface area contributed by atoms with Crippen LogP contribution in [0.15, 0.2) is 20.8 Å². The molecule has 1 fully saturated rings. The zero-order valence-corrected chi connectivity index (χ0v) is 16.4. The van der Waals surface area contributed by atoms with Crippen LogP contribution in [-0.2, 0) is 24.3 Å². The molecule has 9 nitrogen and oxygen atoms in total. The van der Waals surface area contributed by atoms with Crippen molar-refractivity contribution in [1.29, 1.82) is 0 Å². The number of halogens is 1. The highest BCUT2D eigenvalue weighted by molar-refractivity contribution is 9.11. The maximum Gasteiger partial charge on any atom is 0.330 e. The molecule has 0 spiro atoms. The summed E-state index contributed by atoms with van der Waals surface area (Å²) in [5.74, 6) is 0. The molecule has 0 radical (unpaired) electrons. The number of aromatic amines is 1. The van der Waals surface area contributed by atoms with Gasteiger partial charge in [0, 0.05) is 12.6 Å². The SMILES string of the molecule is CCOOC(C)[C@H]1O[C@@H](n2cc(/C=C/Br)c(=O)[nH]c2=O)C[C@@H]1OOCC. The molecular formula is C16H23BrN2O7. The Morgan fingerprint density at radius 2 is 2.12 bits per heavy atom. The highest BCUT2D eigenvalue weighted by Gasteiger charge is 2.42. The molecule has 1 saturated heterocycles. The second-order valence-corrected chi connectivity index (χ2v) is 6.11. The number of nitrogens with one attached hydrogen (secondary N) is 1. The lowest BCUT2D eigenvalue weighted by Gasteiger charge is -2.23. The van der Waals surface area contributed by atoms with E-state index in [2.05, 4.69) is 20.9 Å². The first-order chi connectivity index (χ1) is 12.5. The van der Waals surface area contributed by atoms with Gasteiger partial charge in [-0.3, -0.25) is 14.3 Å². The van der Waals surface area contributed by atoms with Crippen molar-refractivity contribution in [3.8, 4) is 0 Å². The molecule has 1 unspecified atom stereocenters. The fraction of sp³-hybridized carbons (Fsp3) is 0.625. The Labute approximate surface area is 158 Å². The zero-order valence-electron chi connectivity index (χ0n) is 14.8. The van der Waals surface area contributed by atoms with E-state index in [0.29, 0.717) is 25.2 Å². The predicted octanol–water partition coefficient (Wildman–Crippen LogP) is 1.88. The third-order valence-corrected chi connectivity index (χ3v) is 4.04. The van der Waals surface area contributed by atoms with E-state index < -0.39 is 35.8 Å². The lowest BCUT2D eigenvalue weighted by atomic mass is 10.1. The van der Waals surface area contributed by atoms with E-state index in [9.17, 15) is 9.59 Å². The minimum atomic E-state index is -0.648. The molecule has 1 aliphatic rings. The molecule has 1 aromatic rings. The average molecular weight is 435 g/mol. The van der Waals surface area contributed by atoms with Crippen LogP contribution in [0.5, 0.6) is 0 Å². The summed E-state index contributed by atoms with van der Waals surface area (Å²) in [4.78, 5) is 48.5. The number of H-pyrrole nitrogens is 1. The molecule has 1 aromatic heterocycles. The van der Waals surface area contributed by atoms with Gasteiger partial charge in [-0.25, -0.2) is 24.3 Å². The van der Waals surface area contributed by atoms with Crippen molar-refractivity contribution in [3.63, 3.8) is 0 Å². The molecule has 0 aromatic carbocycles. The minimum absolute atomic E-state index is 0.314. The lowest BCUT2D eigenvalue weighted by Crippen LogP contribution is -2.36. The van der Waals surface area contributed by atoms with Crippen molar-refractivity contribution in [2.45, 2.75) is 51.7 Å². The van der Waals surface area contributed by atoms with Gasteiger partial charge in [-0.2, -0.15) is 0 Å². The van der Waals surface area contributed by atoms with E-state index in [1.165, 1.54) is 21.8 Å². The lowest BCUT2D eigenvalue weighted by molar-refractivity contribution is -0.363. The Morgan fingerprint density at radius 1 is 1.38 bits per heavy atom. The number of hydrogen-bond acceptors (Lipinski definition) is 7. The van der Waals surface area contributed by atoms with E-state index >= 15 is 0 Å². The summed E-state index contributed by atoms with van der Waals surface area (Å²) in [5.41, 5.74) is -0.734. The number of rotatable bonds is 9. The highest BCUT2D eigenvalue weighted by atomic mass is 79.9. The first-order valence-corrected chi connectivity index (χ1v) is 9.27. The van der Waals surface area contributed by atoms with Crippen molar-refractivity contribution in [1.82, 2.24) is 9.55 Å². The summed E-state index contributed by atoms with van der Waals surface area (Å²) >= 11 is 3.12. The van der Waals surface area contributed by atoms with Gasteiger partial charge in [-0.05, 0) is 31.8 Å². The molecule has 26 heavy (non-hydrogen) atoms. The Kier molecular flexibility index (Phi) is 8.19. The Morgan fingerprint density at radius 3 is 2.77 bits per heavy atom. The van der Waals surface area contributed by atoms with E-state index in [4.69, 9.17) is 24.3 Å². The topological polar surface area (TPSA) is 101 Å². The third kappa shape index (κ3) is 5.12. The van der Waals surface area contributed by atoms with Gasteiger partial charge in [-0.15, -0.1) is 0 Å². The molecule has 146 valence electrons. The monoisotopic (exact) mass is 434 g/mol. The Hall–Kier alpha value is -1.30. The van der Waals surface area contributed by atoms with Gasteiger partial charge in [0.2, 0.25) is 0 Å². The largest absolute Gasteiger partial charge is 0.349 e. The molecule has 10 heteroatoms. The summed E-state index contributed by atoms with van der Waals surface area (Å²) in [5, 5.41) is 0. The van der Waals surface area contributed by atoms with Gasteiger partial charge in [0.15, 0.2) is 0 Å². The fourth-order valence-electron chi connectivity index (χ4n) is 2.63. The third-order valence-electron chi connectivity index (χ3n) is 3.77. The van der Waals surface area contributed by atoms with Crippen LogP contribution in [0.4, 0.5) is 0 Å². The quantitative estimate of drug-likeness (QED) is 0.467. The summed E-state index contributed by atoms with van der Waals surface area (Å²) in [6.07, 6.45) is 1.23. The molecule has 0 saturated carbocycles. The van der Waals surface area contributed by atoms with Crippen LogP contribution < -0.4 is 11.2 Å². The van der Waals surface area contributed by atoms with Crippen LogP contribution in [0.1, 0.15) is 39.0 Å². The summed E-state index contributed by atoms with van der Waals surface area (Å²) in [6.45, 7) is 6.14. The smallest absolute Gasteiger partial charge is 0.330 e. The number of nitrogens with zero attached hydrogens (tertiary/aromatic N) is 1. The standard InChI is InChI=1S/C16H23BrN2O7/c1-4-22-25-10(3)14-12(26-23-5-2)8-13(24-14)19-9-11(6-7-17)15(20)18-16(19)21/h6-7,9-10,12-14H,4-5,8H2,1-3H3,(H,18,20,21)/b7-6+/t10?,12-,13+,14+/m0/s1. The van der Waals surface area contributed by atoms with Crippen molar-refractivity contribution in [2.24, 2.45) is 0 Å². The van der Waals surface area contributed by atoms with Gasteiger partial charge >= 0.3 is 5.69 Å². The molecule has 1 aliphatic heterocycles. The van der Waals surface area contributed by atoms with Crippen molar-refractivity contribution in [3.05, 3.63) is 37.6 Å². The number of hydrogen-bond donors (Lipinski definition) is 1. The van der Waals surface area contributed by atoms with Crippen LogP contribution in [0.3, 0.4) is 0 Å². The van der Waals surface area contributed by atoms with Crippen LogP contribution in [-0.4, -0.2) is 41.1 Å². The summed E-state index contributed by atoms with van der Waals surface area (Å²) in [7, 11) is 0. The Balaban J connectivity index is 2.26. The van der Waals surface area contributed by atoms with Gasteiger partial charge in [0.1, 0.15) is 24.5 Å². The van der Waals surface area contributed by atoms with E-state index in [0.717, 1.165) is 0 Å². The zero-order chi connectivity index (χ0) is 19.1. The van der Waals surface area contributed by atoms with Crippen LogP contribution in [0, 0.1) is 0 Å². The fourth-order valence-corrected chi connectivity index (χ4v) is 2.92. The maximum absolute atomic E-state index is 12.2. The molecule has 4 atom stereocenters. The maximum atomic E-state index is 12.2. The predicted molar refractivity (Wildman–Crippen MR) is 96.5 cm³/mol. The molecule has 1 N–H and O–H groups in total. The van der Waals surface area contributed by atoms with Crippen molar-refractivity contribution in [2.75, 3.05) is 13.2 Å². The normalized spacial score (nSPS) is 24.4. The molecular weight excluding hydrogens is 412 g/mol. The first-order valence-electron chi connectivity index (χ1n) is 8.36. The Bertz CT molecular complexity index is 717. The number of ether oxygens (including phenoxy) is 1. The molecule has 0 amide bonds. The van der Waals surface area contributed by atoms with Crippen molar-refractivity contribution < 1.29 is 24.3 Å². The number of aromatic nitrogens is 2. The minimum Gasteiger partial charge on any atom is -0.349 e. The second-order valence-electron chi connectivity index (χ2n) is 5.58. The average Bonchev–Trinajstić information content (AvgIpc) is 3.04. The molecule has 2 heterocycles. The van der Waals surface area contributed by atoms with Gasteiger partial charge in [-0.1, -0.05) is 15.9 Å². The van der Waals surface area contributed by atoms with E-state index in [1.807, 2.05) is 0 Å². The summed E-state index contributed by atoms with van der Waals surface area (Å²) in [6, 6.07) is 0. The molecule has 0 aliphatic carbocycles. The van der Waals surface area contributed by atoms with Gasteiger partial charge in [0.05, 0.1) is 18.8 Å². The van der Waals surface area contributed by atoms with Crippen LogP contribution in [0.2, 0.25) is 0 Å². The van der Waals surface area contributed by atoms with Crippen molar-refractivity contribution >= 4 is 22.0 Å². The molecule has 0 bridgehead atoms. The second kappa shape index (κ2) is 10.1. The van der Waals surface area contributed by atoms with Gasteiger partial charge < -0.3 is 4.74 Å². The molecule has 2 rings (SSSR count). The first kappa shape index (κ1) is 21.0. The van der Waals surface area contributed by atoms with Crippen LogP contribution in [0.25, 0.3) is 6.08 Å². The van der Waals surface area contributed by atoms with E-state index in [1.54, 1.807) is 20.8 Å². The van der Waals surface area contributed by atoms with E-state index in [-0.39, 0.29) is 0 Å². The van der Waals surface area contributed by atoms with Crippen LogP contribution >= 0.6 is 15.9 Å². The summed E-state index contributed by atoms with van der Waals surface area (Å²) < 4.78 is 7.28.